The lowest BCUT2D eigenvalue weighted by Crippen LogP contribution is -2.42. The maximum Gasteiger partial charge on any atom is 0.269 e. The molecule has 0 aromatic heterocycles. The monoisotopic (exact) mass is 371 g/mol. The highest BCUT2D eigenvalue weighted by atomic mass is 32.2. The van der Waals surface area contributed by atoms with Crippen LogP contribution in [0.25, 0.3) is 0 Å². The van der Waals surface area contributed by atoms with Gasteiger partial charge in [0, 0.05) is 32.3 Å². The van der Waals surface area contributed by atoms with Gasteiger partial charge >= 0.3 is 0 Å². The Labute approximate surface area is 146 Å². The summed E-state index contributed by atoms with van der Waals surface area (Å²) < 4.78 is 33.5. The zero-order chi connectivity index (χ0) is 18.0. The van der Waals surface area contributed by atoms with Crippen LogP contribution in [0.1, 0.15) is 24.4 Å². The van der Waals surface area contributed by atoms with E-state index in [1.165, 1.54) is 17.2 Å². The SMILES string of the molecule is CN1OCC(S(=O)(=O)NCC2CCCO2)C1c1cccc([N+](=O)[O-])c1. The quantitative estimate of drug-likeness (QED) is 0.586. The standard InChI is InChI=1S/C15H21N3O6S/c1-17-15(11-4-2-5-12(8-11)18(19)20)14(10-24-17)25(21,22)16-9-13-6-3-7-23-13/h2,4-5,8,13-16H,3,6-7,9-10H2,1H3. The second-order valence-corrected chi connectivity index (χ2v) is 8.19. The fraction of sp³-hybridized carbons (Fsp3) is 0.600. The van der Waals surface area contributed by atoms with Crippen LogP contribution in [0.3, 0.4) is 0 Å². The number of ether oxygens (including phenoxy) is 1. The van der Waals surface area contributed by atoms with Crippen LogP contribution in [-0.4, -0.2) is 56.6 Å². The third-order valence-electron chi connectivity index (χ3n) is 4.54. The number of non-ortho nitro benzene ring substituents is 1. The van der Waals surface area contributed by atoms with Crippen LogP contribution in [0.15, 0.2) is 24.3 Å². The molecule has 0 radical (unpaired) electrons. The Morgan fingerprint density at radius 1 is 1.44 bits per heavy atom. The molecule has 2 aliphatic rings. The topological polar surface area (TPSA) is 111 Å². The van der Waals surface area contributed by atoms with E-state index < -0.39 is 26.2 Å². The number of nitro groups is 1. The molecule has 3 atom stereocenters. The van der Waals surface area contributed by atoms with E-state index in [0.717, 1.165) is 12.8 Å². The Morgan fingerprint density at radius 3 is 2.92 bits per heavy atom. The van der Waals surface area contributed by atoms with Crippen molar-refractivity contribution in [2.45, 2.75) is 30.2 Å². The van der Waals surface area contributed by atoms with Gasteiger partial charge in [-0.05, 0) is 18.4 Å². The molecular formula is C15H21N3O6S. The minimum atomic E-state index is -3.68. The lowest BCUT2D eigenvalue weighted by atomic mass is 10.0. The molecular weight excluding hydrogens is 350 g/mol. The lowest BCUT2D eigenvalue weighted by molar-refractivity contribution is -0.385. The molecule has 2 heterocycles. The van der Waals surface area contributed by atoms with Gasteiger partial charge in [0.25, 0.3) is 5.69 Å². The van der Waals surface area contributed by atoms with Crippen molar-refractivity contribution >= 4 is 15.7 Å². The summed E-state index contributed by atoms with van der Waals surface area (Å²) in [7, 11) is -2.05. The van der Waals surface area contributed by atoms with Gasteiger partial charge in [-0.2, -0.15) is 5.06 Å². The first-order valence-electron chi connectivity index (χ1n) is 8.08. The Bertz CT molecular complexity index is 735. The Hall–Kier alpha value is -1.59. The second-order valence-electron chi connectivity index (χ2n) is 6.21. The fourth-order valence-electron chi connectivity index (χ4n) is 3.22. The molecule has 1 aromatic carbocycles. The summed E-state index contributed by atoms with van der Waals surface area (Å²) in [5, 5.41) is 11.6. The molecule has 10 heteroatoms. The van der Waals surface area contributed by atoms with Gasteiger partial charge < -0.3 is 4.74 Å². The number of hydroxylamine groups is 2. The average molecular weight is 371 g/mol. The number of nitro benzene ring substituents is 1. The van der Waals surface area contributed by atoms with Crippen LogP contribution in [0.2, 0.25) is 0 Å². The van der Waals surface area contributed by atoms with Crippen molar-refractivity contribution in [3.63, 3.8) is 0 Å². The highest BCUT2D eigenvalue weighted by molar-refractivity contribution is 7.90. The first-order valence-corrected chi connectivity index (χ1v) is 9.63. The molecule has 1 N–H and O–H groups in total. The molecule has 0 bridgehead atoms. The summed E-state index contributed by atoms with van der Waals surface area (Å²) in [6, 6.07) is 5.35. The van der Waals surface area contributed by atoms with Crippen molar-refractivity contribution in [2.75, 3.05) is 26.8 Å². The molecule has 0 aliphatic carbocycles. The highest BCUT2D eigenvalue weighted by Crippen LogP contribution is 2.34. The van der Waals surface area contributed by atoms with Crippen molar-refractivity contribution in [2.24, 2.45) is 0 Å². The first-order chi connectivity index (χ1) is 11.9. The van der Waals surface area contributed by atoms with Crippen LogP contribution in [0.5, 0.6) is 0 Å². The minimum Gasteiger partial charge on any atom is -0.377 e. The molecule has 138 valence electrons. The number of hydrogen-bond acceptors (Lipinski definition) is 7. The number of sulfonamides is 1. The summed E-state index contributed by atoms with van der Waals surface area (Å²) in [6.07, 6.45) is 1.65. The number of nitrogens with zero attached hydrogens (tertiary/aromatic N) is 2. The van der Waals surface area contributed by atoms with Crippen molar-refractivity contribution in [1.29, 1.82) is 0 Å². The zero-order valence-corrected chi connectivity index (χ0v) is 14.6. The minimum absolute atomic E-state index is 0.00921. The predicted molar refractivity (Wildman–Crippen MR) is 89.2 cm³/mol. The van der Waals surface area contributed by atoms with E-state index in [4.69, 9.17) is 9.57 Å². The van der Waals surface area contributed by atoms with Gasteiger partial charge in [-0.15, -0.1) is 0 Å². The number of benzene rings is 1. The van der Waals surface area contributed by atoms with E-state index in [0.29, 0.717) is 12.2 Å². The molecule has 2 fully saturated rings. The normalized spacial score (nSPS) is 27.6. The van der Waals surface area contributed by atoms with E-state index >= 15 is 0 Å². The van der Waals surface area contributed by atoms with Gasteiger partial charge in [-0.25, -0.2) is 13.1 Å². The molecule has 0 saturated carbocycles. The van der Waals surface area contributed by atoms with Gasteiger partial charge in [-0.3, -0.25) is 15.0 Å². The van der Waals surface area contributed by atoms with Crippen LogP contribution >= 0.6 is 0 Å². The zero-order valence-electron chi connectivity index (χ0n) is 13.8. The molecule has 0 spiro atoms. The lowest BCUT2D eigenvalue weighted by Gasteiger charge is -2.23. The molecule has 3 unspecified atom stereocenters. The second kappa shape index (κ2) is 7.34. The molecule has 3 rings (SSSR count). The summed E-state index contributed by atoms with van der Waals surface area (Å²) in [5.74, 6) is 0. The third-order valence-corrected chi connectivity index (χ3v) is 6.30. The van der Waals surface area contributed by atoms with Gasteiger partial charge in [0.15, 0.2) is 0 Å². The van der Waals surface area contributed by atoms with Crippen LogP contribution < -0.4 is 4.72 Å². The first kappa shape index (κ1) is 18.2. The maximum atomic E-state index is 12.7. The molecule has 1 aromatic rings. The molecule has 9 nitrogen and oxygen atoms in total. The van der Waals surface area contributed by atoms with Gasteiger partial charge in [0.05, 0.1) is 23.7 Å². The van der Waals surface area contributed by atoms with Crippen molar-refractivity contribution in [1.82, 2.24) is 9.79 Å². The Morgan fingerprint density at radius 2 is 2.24 bits per heavy atom. The van der Waals surface area contributed by atoms with Crippen molar-refractivity contribution in [3.05, 3.63) is 39.9 Å². The Balaban J connectivity index is 1.79. The van der Waals surface area contributed by atoms with Crippen LogP contribution in [0.4, 0.5) is 5.69 Å². The van der Waals surface area contributed by atoms with E-state index in [2.05, 4.69) is 4.72 Å². The summed E-state index contributed by atoms with van der Waals surface area (Å²) in [4.78, 5) is 15.9. The summed E-state index contributed by atoms with van der Waals surface area (Å²) in [5.41, 5.74) is 0.447. The van der Waals surface area contributed by atoms with Gasteiger partial charge in [0.2, 0.25) is 10.0 Å². The van der Waals surface area contributed by atoms with E-state index in [-0.39, 0.29) is 24.9 Å². The van der Waals surface area contributed by atoms with Crippen molar-refractivity contribution < 1.29 is 22.9 Å². The van der Waals surface area contributed by atoms with E-state index in [1.807, 2.05) is 0 Å². The average Bonchev–Trinajstić information content (AvgIpc) is 3.23. The fourth-order valence-corrected chi connectivity index (χ4v) is 4.76. The van der Waals surface area contributed by atoms with Crippen LogP contribution in [-0.2, 0) is 19.6 Å². The third kappa shape index (κ3) is 3.98. The van der Waals surface area contributed by atoms with E-state index in [1.54, 1.807) is 19.2 Å². The molecule has 2 saturated heterocycles. The molecule has 25 heavy (non-hydrogen) atoms. The van der Waals surface area contributed by atoms with Crippen molar-refractivity contribution in [3.8, 4) is 0 Å². The maximum absolute atomic E-state index is 12.7. The largest absolute Gasteiger partial charge is 0.377 e. The van der Waals surface area contributed by atoms with Gasteiger partial charge in [-0.1, -0.05) is 12.1 Å². The van der Waals surface area contributed by atoms with Crippen LogP contribution in [0, 0.1) is 10.1 Å². The summed E-state index contributed by atoms with van der Waals surface area (Å²) in [6.45, 7) is 0.868. The van der Waals surface area contributed by atoms with E-state index in [9.17, 15) is 18.5 Å². The molecule has 2 aliphatic heterocycles. The smallest absolute Gasteiger partial charge is 0.269 e. The number of hydrogen-bond donors (Lipinski definition) is 1. The summed E-state index contributed by atoms with van der Waals surface area (Å²) >= 11 is 0. The highest BCUT2D eigenvalue weighted by Gasteiger charge is 2.43. The molecule has 0 amide bonds. The van der Waals surface area contributed by atoms with Gasteiger partial charge in [0.1, 0.15) is 5.25 Å². The number of rotatable bonds is 6. The number of nitrogens with one attached hydrogen (secondary N) is 1. The predicted octanol–water partition coefficient (Wildman–Crippen LogP) is 0.980. The Kier molecular flexibility index (Phi) is 5.35.